The summed E-state index contributed by atoms with van der Waals surface area (Å²) in [6.45, 7) is 3.12. The highest BCUT2D eigenvalue weighted by molar-refractivity contribution is 7.13. The third-order valence-corrected chi connectivity index (χ3v) is 5.52. The van der Waals surface area contributed by atoms with Crippen LogP contribution in [0.1, 0.15) is 17.9 Å². The minimum Gasteiger partial charge on any atom is -0.340 e. The van der Waals surface area contributed by atoms with Crippen molar-refractivity contribution < 1.29 is 4.79 Å². The first kappa shape index (κ1) is 17.5. The van der Waals surface area contributed by atoms with Crippen LogP contribution in [0.5, 0.6) is 0 Å². The van der Waals surface area contributed by atoms with Gasteiger partial charge in [-0.2, -0.15) is 5.10 Å². The number of H-pyrrole nitrogens is 1. The maximum Gasteiger partial charge on any atom is 0.224 e. The number of para-hydroxylation sites is 2. The lowest BCUT2D eigenvalue weighted by Crippen LogP contribution is -2.27. The normalized spacial score (nSPS) is 11.2. The summed E-state index contributed by atoms with van der Waals surface area (Å²) in [5.41, 5.74) is 3.88. The van der Waals surface area contributed by atoms with E-state index < -0.39 is 0 Å². The van der Waals surface area contributed by atoms with Crippen molar-refractivity contribution in [1.82, 2.24) is 24.6 Å². The van der Waals surface area contributed by atoms with E-state index in [1.807, 2.05) is 61.8 Å². The van der Waals surface area contributed by atoms with Crippen LogP contribution in [0.3, 0.4) is 0 Å². The molecule has 0 aliphatic carbocycles. The van der Waals surface area contributed by atoms with Crippen molar-refractivity contribution in [3.8, 4) is 10.6 Å². The van der Waals surface area contributed by atoms with E-state index in [0.29, 0.717) is 19.5 Å². The maximum atomic E-state index is 12.6. The number of hydrogen-bond acceptors (Lipinski definition) is 4. The van der Waals surface area contributed by atoms with E-state index in [1.54, 1.807) is 16.2 Å². The van der Waals surface area contributed by atoms with Crippen LogP contribution in [0.4, 0.5) is 0 Å². The zero-order valence-electron chi connectivity index (χ0n) is 15.3. The lowest BCUT2D eigenvalue weighted by Gasteiger charge is -2.16. The minimum atomic E-state index is 0.0967. The summed E-state index contributed by atoms with van der Waals surface area (Å²) in [7, 11) is 1.83. The fraction of sp³-hybridized carbons (Fsp3) is 0.250. The summed E-state index contributed by atoms with van der Waals surface area (Å²) in [6.07, 6.45) is 0.434. The Morgan fingerprint density at radius 1 is 1.26 bits per heavy atom. The van der Waals surface area contributed by atoms with Crippen LogP contribution >= 0.6 is 11.3 Å². The maximum absolute atomic E-state index is 12.6. The van der Waals surface area contributed by atoms with Gasteiger partial charge in [0.1, 0.15) is 11.5 Å². The molecule has 0 atom stereocenters. The number of benzene rings is 1. The third-order valence-electron chi connectivity index (χ3n) is 4.63. The highest BCUT2D eigenvalue weighted by Crippen LogP contribution is 2.23. The second kappa shape index (κ2) is 7.36. The van der Waals surface area contributed by atoms with Crippen molar-refractivity contribution >= 4 is 28.3 Å². The van der Waals surface area contributed by atoms with Crippen LogP contribution in [0, 0.1) is 6.92 Å². The average molecular weight is 379 g/mol. The van der Waals surface area contributed by atoms with Gasteiger partial charge in [-0.1, -0.05) is 18.2 Å². The topological polar surface area (TPSA) is 66.8 Å². The van der Waals surface area contributed by atoms with E-state index in [1.165, 1.54) is 0 Å². The zero-order chi connectivity index (χ0) is 18.8. The second-order valence-electron chi connectivity index (χ2n) is 6.55. The average Bonchev–Trinajstić information content (AvgIpc) is 3.39. The first-order chi connectivity index (χ1) is 13.1. The van der Waals surface area contributed by atoms with Gasteiger partial charge in [0.15, 0.2) is 0 Å². The summed E-state index contributed by atoms with van der Waals surface area (Å²) < 4.78 is 2.10. The molecular formula is C20H21N5OS. The van der Waals surface area contributed by atoms with E-state index in [9.17, 15) is 4.79 Å². The number of carbonyl (C=O) groups excluding carboxylic acids is 1. The Kier molecular flexibility index (Phi) is 4.77. The largest absolute Gasteiger partial charge is 0.340 e. The van der Waals surface area contributed by atoms with Gasteiger partial charge in [-0.05, 0) is 36.6 Å². The van der Waals surface area contributed by atoms with Crippen LogP contribution in [0.15, 0.2) is 47.8 Å². The molecule has 1 N–H and O–H groups in total. The number of hydrogen-bond donors (Lipinski definition) is 1. The van der Waals surface area contributed by atoms with Crippen molar-refractivity contribution in [1.29, 1.82) is 0 Å². The van der Waals surface area contributed by atoms with Gasteiger partial charge in [0, 0.05) is 20.0 Å². The molecule has 0 spiro atoms. The summed E-state index contributed by atoms with van der Waals surface area (Å²) in [4.78, 5) is 20.0. The molecule has 1 amide bonds. The zero-order valence-corrected chi connectivity index (χ0v) is 16.2. The van der Waals surface area contributed by atoms with E-state index in [2.05, 4.69) is 19.7 Å². The minimum absolute atomic E-state index is 0.0967. The first-order valence-electron chi connectivity index (χ1n) is 8.86. The Morgan fingerprint density at radius 2 is 2.11 bits per heavy atom. The van der Waals surface area contributed by atoms with Gasteiger partial charge in [-0.3, -0.25) is 9.89 Å². The standard InChI is InChI=1S/C20H21N5OS/c1-14-21-16-6-3-4-7-18(16)25(14)10-9-20(26)24(2)13-15-12-17(23-22-15)19-8-5-11-27-19/h3-8,11-12H,9-10,13H2,1-2H3,(H,22,23). The molecule has 0 radical (unpaired) electrons. The Morgan fingerprint density at radius 3 is 2.93 bits per heavy atom. The number of amides is 1. The number of fused-ring (bicyclic) bond motifs is 1. The molecule has 4 aromatic rings. The summed E-state index contributed by atoms with van der Waals surface area (Å²) in [5.74, 6) is 1.03. The fourth-order valence-corrected chi connectivity index (χ4v) is 3.90. The molecular weight excluding hydrogens is 358 g/mol. The van der Waals surface area contributed by atoms with E-state index in [-0.39, 0.29) is 5.91 Å². The summed E-state index contributed by atoms with van der Waals surface area (Å²) in [5, 5.41) is 9.40. The smallest absolute Gasteiger partial charge is 0.224 e. The van der Waals surface area contributed by atoms with Gasteiger partial charge in [0.25, 0.3) is 0 Å². The molecule has 27 heavy (non-hydrogen) atoms. The Hall–Kier alpha value is -2.93. The number of aromatic amines is 1. The van der Waals surface area contributed by atoms with Crippen molar-refractivity contribution in [2.75, 3.05) is 7.05 Å². The monoisotopic (exact) mass is 379 g/mol. The quantitative estimate of drug-likeness (QED) is 0.553. The van der Waals surface area contributed by atoms with Crippen LogP contribution in [-0.4, -0.2) is 37.6 Å². The highest BCUT2D eigenvalue weighted by Gasteiger charge is 2.14. The van der Waals surface area contributed by atoms with Crippen LogP contribution in [-0.2, 0) is 17.9 Å². The number of carbonyl (C=O) groups is 1. The van der Waals surface area contributed by atoms with Gasteiger partial charge in [-0.25, -0.2) is 4.98 Å². The number of aromatic nitrogens is 4. The van der Waals surface area contributed by atoms with Crippen LogP contribution in [0.25, 0.3) is 21.6 Å². The van der Waals surface area contributed by atoms with Gasteiger partial charge in [0.05, 0.1) is 28.1 Å². The van der Waals surface area contributed by atoms with Crippen molar-refractivity contribution in [2.45, 2.75) is 26.4 Å². The second-order valence-corrected chi connectivity index (χ2v) is 7.50. The molecule has 0 unspecified atom stereocenters. The summed E-state index contributed by atoms with van der Waals surface area (Å²) >= 11 is 1.65. The van der Waals surface area contributed by atoms with Crippen LogP contribution < -0.4 is 0 Å². The molecule has 6 nitrogen and oxygen atoms in total. The number of thiophene rings is 1. The third kappa shape index (κ3) is 3.64. The SMILES string of the molecule is Cc1nc2ccccc2n1CCC(=O)N(C)Cc1cc(-c2cccs2)n[nH]1. The molecule has 3 heterocycles. The van der Waals surface area contributed by atoms with Gasteiger partial charge >= 0.3 is 0 Å². The molecule has 3 aromatic heterocycles. The molecule has 0 aliphatic heterocycles. The van der Waals surface area contributed by atoms with Gasteiger partial charge in [-0.15, -0.1) is 11.3 Å². The number of nitrogens with one attached hydrogen (secondary N) is 1. The molecule has 0 aliphatic rings. The lowest BCUT2D eigenvalue weighted by molar-refractivity contribution is -0.130. The highest BCUT2D eigenvalue weighted by atomic mass is 32.1. The molecule has 4 rings (SSSR count). The van der Waals surface area contributed by atoms with Gasteiger partial charge < -0.3 is 9.47 Å². The van der Waals surface area contributed by atoms with E-state index in [4.69, 9.17) is 0 Å². The predicted molar refractivity (Wildman–Crippen MR) is 107 cm³/mol. The molecule has 0 bridgehead atoms. The summed E-state index contributed by atoms with van der Waals surface area (Å²) in [6, 6.07) is 14.1. The Labute approximate surface area is 161 Å². The molecule has 0 fully saturated rings. The number of rotatable bonds is 6. The molecule has 0 saturated heterocycles. The number of imidazole rings is 1. The van der Waals surface area contributed by atoms with Crippen molar-refractivity contribution in [3.63, 3.8) is 0 Å². The molecule has 138 valence electrons. The lowest BCUT2D eigenvalue weighted by atomic mass is 10.3. The Balaban J connectivity index is 1.39. The van der Waals surface area contributed by atoms with Gasteiger partial charge in [0.2, 0.25) is 5.91 Å². The Bertz CT molecular complexity index is 1060. The predicted octanol–water partition coefficient (Wildman–Crippen LogP) is 3.85. The van der Waals surface area contributed by atoms with Crippen molar-refractivity contribution in [2.24, 2.45) is 0 Å². The van der Waals surface area contributed by atoms with Crippen molar-refractivity contribution in [3.05, 3.63) is 59.4 Å². The van der Waals surface area contributed by atoms with E-state index >= 15 is 0 Å². The number of nitrogens with zero attached hydrogens (tertiary/aromatic N) is 4. The number of aryl methyl sites for hydroxylation is 2. The molecule has 7 heteroatoms. The fourth-order valence-electron chi connectivity index (χ4n) is 3.21. The van der Waals surface area contributed by atoms with E-state index in [0.717, 1.165) is 33.1 Å². The molecule has 1 aromatic carbocycles. The molecule has 0 saturated carbocycles. The first-order valence-corrected chi connectivity index (χ1v) is 9.74. The van der Waals surface area contributed by atoms with Crippen LogP contribution in [0.2, 0.25) is 0 Å².